The highest BCUT2D eigenvalue weighted by Gasteiger charge is 2.16. The van der Waals surface area contributed by atoms with Crippen LogP contribution in [0, 0.1) is 0 Å². The number of carbonyl (C=O) groups is 1. The summed E-state index contributed by atoms with van der Waals surface area (Å²) in [6.07, 6.45) is -2.37. The Morgan fingerprint density at radius 1 is 1.20 bits per heavy atom. The van der Waals surface area contributed by atoms with E-state index < -0.39 is 17.7 Å². The molecule has 5 heteroatoms. The highest BCUT2D eigenvalue weighted by molar-refractivity contribution is 5.83. The first-order chi connectivity index (χ1) is 9.61. The second-order valence-corrected chi connectivity index (χ2v) is 4.14. The summed E-state index contributed by atoms with van der Waals surface area (Å²) in [7, 11) is 0. The zero-order valence-corrected chi connectivity index (χ0v) is 10.4. The Morgan fingerprint density at radius 2 is 1.90 bits per heavy atom. The largest absolute Gasteiger partial charge is 0.507 e. The van der Waals surface area contributed by atoms with Crippen molar-refractivity contribution >= 4 is 6.29 Å². The van der Waals surface area contributed by atoms with Gasteiger partial charge < -0.3 is 9.84 Å². The van der Waals surface area contributed by atoms with E-state index in [0.29, 0.717) is 6.29 Å². The molecule has 104 valence electrons. The molecule has 0 saturated carbocycles. The Hall–Kier alpha value is -2.43. The molecule has 0 aliphatic carbocycles. The van der Waals surface area contributed by atoms with Gasteiger partial charge in [0.15, 0.2) is 6.29 Å². The standard InChI is InChI=1S/C15H12F2O3/c16-15(17)11-6-13(19)12(8-18)14(7-11)20-9-10-4-2-1-3-5-10/h1-8,15,19H,9H2. The lowest BCUT2D eigenvalue weighted by atomic mass is 10.1. The Kier molecular flexibility index (Phi) is 4.30. The molecule has 0 aromatic heterocycles. The van der Waals surface area contributed by atoms with E-state index in [1.807, 2.05) is 18.2 Å². The van der Waals surface area contributed by atoms with E-state index in [1.165, 1.54) is 0 Å². The van der Waals surface area contributed by atoms with E-state index in [1.54, 1.807) is 12.1 Å². The summed E-state index contributed by atoms with van der Waals surface area (Å²) in [6.45, 7) is 0.119. The summed E-state index contributed by atoms with van der Waals surface area (Å²) in [5, 5.41) is 9.57. The first-order valence-corrected chi connectivity index (χ1v) is 5.88. The molecule has 3 nitrogen and oxygen atoms in total. The van der Waals surface area contributed by atoms with Crippen LogP contribution in [0.15, 0.2) is 42.5 Å². The highest BCUT2D eigenvalue weighted by atomic mass is 19.3. The Morgan fingerprint density at radius 3 is 2.50 bits per heavy atom. The number of phenolic OH excluding ortho intramolecular Hbond substituents is 1. The van der Waals surface area contributed by atoms with Crippen LogP contribution in [0.3, 0.4) is 0 Å². The number of hydrogen-bond donors (Lipinski definition) is 1. The van der Waals surface area contributed by atoms with E-state index in [-0.39, 0.29) is 17.9 Å². The molecule has 0 heterocycles. The second kappa shape index (κ2) is 6.14. The van der Waals surface area contributed by atoms with Crippen LogP contribution in [-0.4, -0.2) is 11.4 Å². The van der Waals surface area contributed by atoms with Crippen molar-refractivity contribution in [3.05, 3.63) is 59.2 Å². The lowest BCUT2D eigenvalue weighted by Crippen LogP contribution is -2.00. The van der Waals surface area contributed by atoms with Gasteiger partial charge in [-0.3, -0.25) is 4.79 Å². The molecule has 2 aromatic carbocycles. The number of rotatable bonds is 5. The van der Waals surface area contributed by atoms with Crippen LogP contribution in [0.4, 0.5) is 8.78 Å². The van der Waals surface area contributed by atoms with Crippen LogP contribution in [-0.2, 0) is 6.61 Å². The van der Waals surface area contributed by atoms with Crippen molar-refractivity contribution in [2.24, 2.45) is 0 Å². The summed E-state index contributed by atoms with van der Waals surface area (Å²) < 4.78 is 30.7. The molecule has 2 aromatic rings. The van der Waals surface area contributed by atoms with E-state index in [9.17, 15) is 18.7 Å². The van der Waals surface area contributed by atoms with Gasteiger partial charge in [0, 0.05) is 5.56 Å². The molecule has 2 rings (SSSR count). The number of alkyl halides is 2. The number of halogens is 2. The molecule has 0 aliphatic rings. The molecule has 0 spiro atoms. The van der Waals surface area contributed by atoms with Gasteiger partial charge in [-0.1, -0.05) is 30.3 Å². The minimum atomic E-state index is -2.75. The van der Waals surface area contributed by atoms with Crippen molar-refractivity contribution in [3.8, 4) is 11.5 Å². The third-order valence-corrected chi connectivity index (χ3v) is 2.75. The van der Waals surface area contributed by atoms with Crippen molar-refractivity contribution in [3.63, 3.8) is 0 Å². The van der Waals surface area contributed by atoms with Gasteiger partial charge in [-0.05, 0) is 17.7 Å². The lowest BCUT2D eigenvalue weighted by molar-refractivity contribution is 0.111. The number of aldehydes is 1. The van der Waals surface area contributed by atoms with Crippen LogP contribution >= 0.6 is 0 Å². The first kappa shape index (κ1) is 14.0. The monoisotopic (exact) mass is 278 g/mol. The van der Waals surface area contributed by atoms with Crippen molar-refractivity contribution in [1.82, 2.24) is 0 Å². The van der Waals surface area contributed by atoms with Gasteiger partial charge in [0.2, 0.25) is 0 Å². The quantitative estimate of drug-likeness (QED) is 0.848. The summed E-state index contributed by atoms with van der Waals surface area (Å²) in [4.78, 5) is 10.9. The number of aromatic hydroxyl groups is 1. The summed E-state index contributed by atoms with van der Waals surface area (Å²) >= 11 is 0. The van der Waals surface area contributed by atoms with Gasteiger partial charge >= 0.3 is 0 Å². The predicted octanol–water partition coefficient (Wildman–Crippen LogP) is 3.72. The lowest BCUT2D eigenvalue weighted by Gasteiger charge is -2.12. The van der Waals surface area contributed by atoms with E-state index >= 15 is 0 Å². The van der Waals surface area contributed by atoms with Crippen LogP contribution in [0.5, 0.6) is 11.5 Å². The molecule has 0 amide bonds. The molecular weight excluding hydrogens is 266 g/mol. The Balaban J connectivity index is 2.27. The fraction of sp³-hybridized carbons (Fsp3) is 0.133. The smallest absolute Gasteiger partial charge is 0.264 e. The minimum absolute atomic E-state index is 0.0563. The second-order valence-electron chi connectivity index (χ2n) is 4.14. The van der Waals surface area contributed by atoms with Crippen molar-refractivity contribution in [2.45, 2.75) is 13.0 Å². The SMILES string of the molecule is O=Cc1c(O)cc(C(F)F)cc1OCc1ccccc1. The third kappa shape index (κ3) is 3.12. The van der Waals surface area contributed by atoms with Gasteiger partial charge in [0.05, 0.1) is 5.56 Å². The van der Waals surface area contributed by atoms with Crippen LogP contribution in [0.25, 0.3) is 0 Å². The molecule has 20 heavy (non-hydrogen) atoms. The van der Waals surface area contributed by atoms with E-state index in [2.05, 4.69) is 0 Å². The number of phenols is 1. The molecule has 0 radical (unpaired) electrons. The van der Waals surface area contributed by atoms with Crippen LogP contribution in [0.2, 0.25) is 0 Å². The summed E-state index contributed by atoms with van der Waals surface area (Å²) in [5.74, 6) is -0.569. The molecule has 0 unspecified atom stereocenters. The summed E-state index contributed by atoms with van der Waals surface area (Å²) in [5.41, 5.74) is 0.299. The van der Waals surface area contributed by atoms with Crippen molar-refractivity contribution in [2.75, 3.05) is 0 Å². The topological polar surface area (TPSA) is 46.5 Å². The van der Waals surface area contributed by atoms with Gasteiger partial charge in [-0.15, -0.1) is 0 Å². The maximum atomic E-state index is 12.7. The first-order valence-electron chi connectivity index (χ1n) is 5.88. The predicted molar refractivity (Wildman–Crippen MR) is 69.2 cm³/mol. The van der Waals surface area contributed by atoms with E-state index in [4.69, 9.17) is 4.74 Å². The van der Waals surface area contributed by atoms with Gasteiger partial charge in [0.1, 0.15) is 18.1 Å². The molecular formula is C15H12F2O3. The maximum absolute atomic E-state index is 12.7. The zero-order valence-electron chi connectivity index (χ0n) is 10.4. The van der Waals surface area contributed by atoms with Gasteiger partial charge in [-0.2, -0.15) is 0 Å². The maximum Gasteiger partial charge on any atom is 0.264 e. The fourth-order valence-corrected chi connectivity index (χ4v) is 1.73. The molecule has 0 atom stereocenters. The Labute approximate surface area is 114 Å². The van der Waals surface area contributed by atoms with Crippen molar-refractivity contribution in [1.29, 1.82) is 0 Å². The van der Waals surface area contributed by atoms with Crippen molar-refractivity contribution < 1.29 is 23.4 Å². The van der Waals surface area contributed by atoms with Gasteiger partial charge in [0.25, 0.3) is 6.43 Å². The van der Waals surface area contributed by atoms with Crippen LogP contribution < -0.4 is 4.74 Å². The Bertz CT molecular complexity index is 598. The number of benzene rings is 2. The fourth-order valence-electron chi connectivity index (χ4n) is 1.73. The number of ether oxygens (including phenoxy) is 1. The molecule has 0 aliphatic heterocycles. The molecule has 0 bridgehead atoms. The normalized spacial score (nSPS) is 10.6. The zero-order chi connectivity index (χ0) is 14.5. The molecule has 0 fully saturated rings. The summed E-state index contributed by atoms with van der Waals surface area (Å²) in [6, 6.07) is 11.0. The van der Waals surface area contributed by atoms with Gasteiger partial charge in [-0.25, -0.2) is 8.78 Å². The molecule has 0 saturated heterocycles. The van der Waals surface area contributed by atoms with Crippen LogP contribution in [0.1, 0.15) is 27.9 Å². The molecule has 1 N–H and O–H groups in total. The highest BCUT2D eigenvalue weighted by Crippen LogP contribution is 2.33. The minimum Gasteiger partial charge on any atom is -0.507 e. The third-order valence-electron chi connectivity index (χ3n) is 2.75. The number of carbonyl (C=O) groups excluding carboxylic acids is 1. The number of hydrogen-bond acceptors (Lipinski definition) is 3. The van der Waals surface area contributed by atoms with E-state index in [0.717, 1.165) is 17.7 Å². The average molecular weight is 278 g/mol. The average Bonchev–Trinajstić information content (AvgIpc) is 2.45.